The third kappa shape index (κ3) is 8.13. The Hall–Kier alpha value is -2.81. The maximum atomic E-state index is 13.3. The summed E-state index contributed by atoms with van der Waals surface area (Å²) in [6.07, 6.45) is -10.5. The fourth-order valence-electron chi connectivity index (χ4n) is 3.04. The lowest BCUT2D eigenvalue weighted by Crippen LogP contribution is -2.32. The van der Waals surface area contributed by atoms with Crippen LogP contribution in [0.15, 0.2) is 36.4 Å². The normalized spacial score (nSPS) is 12.8. The number of alkyl halides is 6. The molecule has 0 aliphatic carbocycles. The van der Waals surface area contributed by atoms with E-state index in [-0.39, 0.29) is 11.4 Å². The first-order valence-electron chi connectivity index (χ1n) is 10.4. The van der Waals surface area contributed by atoms with Crippen molar-refractivity contribution in [1.29, 1.82) is 0 Å². The zero-order valence-electron chi connectivity index (χ0n) is 20.0. The summed E-state index contributed by atoms with van der Waals surface area (Å²) in [4.78, 5) is 30.3. The molecule has 192 valence electrons. The van der Waals surface area contributed by atoms with Crippen molar-refractivity contribution in [3.63, 3.8) is 0 Å². The van der Waals surface area contributed by atoms with Gasteiger partial charge in [-0.25, -0.2) is 0 Å². The van der Waals surface area contributed by atoms with E-state index in [4.69, 9.17) is 4.74 Å². The lowest BCUT2D eigenvalue weighted by molar-refractivity contribution is -0.0887. The Bertz CT molecular complexity index is 1030. The molecule has 0 aliphatic rings. The standard InChI is InChI=1S/C22H26F6N2O3Si2/c1-34(2,3)29-13-7-9-17(15(11-13)19(31)21(23,24)25)33-18-10-8-14(30-35(4,5)6)12-16(18)20(32)22(26,27)28/h7-12,29-30H,1-6H3. The summed E-state index contributed by atoms with van der Waals surface area (Å²) in [7, 11) is -4.04. The number of Topliss-reactive ketones (excluding diaryl/α,β-unsaturated/α-hetero) is 2. The number of carbonyl (C=O) groups is 2. The fourth-order valence-corrected chi connectivity index (χ4v) is 5.08. The first-order chi connectivity index (χ1) is 15.7. The van der Waals surface area contributed by atoms with E-state index in [1.165, 1.54) is 12.1 Å². The molecule has 0 bridgehead atoms. The molecule has 0 amide bonds. The second-order valence-corrected chi connectivity index (χ2v) is 19.4. The number of hydrogen-bond acceptors (Lipinski definition) is 5. The van der Waals surface area contributed by atoms with Gasteiger partial charge in [-0.3, -0.25) is 9.59 Å². The minimum Gasteiger partial charge on any atom is -0.456 e. The van der Waals surface area contributed by atoms with Crippen LogP contribution in [0.25, 0.3) is 0 Å². The largest absolute Gasteiger partial charge is 0.456 e. The lowest BCUT2D eigenvalue weighted by Gasteiger charge is -2.22. The number of halogens is 6. The molecule has 0 aromatic heterocycles. The molecule has 0 heterocycles. The van der Waals surface area contributed by atoms with Gasteiger partial charge in [0.25, 0.3) is 11.6 Å². The zero-order chi connectivity index (χ0) is 27.0. The molecule has 2 rings (SSSR count). The second kappa shape index (κ2) is 9.68. The van der Waals surface area contributed by atoms with Crippen LogP contribution in [0.4, 0.5) is 37.7 Å². The minimum absolute atomic E-state index is 0.227. The number of ketones is 2. The van der Waals surface area contributed by atoms with Crippen molar-refractivity contribution in [2.24, 2.45) is 0 Å². The predicted octanol–water partition coefficient (Wildman–Crippen LogP) is 7.46. The lowest BCUT2D eigenvalue weighted by atomic mass is 10.1. The van der Waals surface area contributed by atoms with Gasteiger partial charge < -0.3 is 14.7 Å². The van der Waals surface area contributed by atoms with Gasteiger partial charge in [0.1, 0.15) is 28.0 Å². The molecule has 0 saturated heterocycles. The molecule has 2 aromatic carbocycles. The SMILES string of the molecule is C[Si](C)(C)Nc1ccc(Oc2ccc(N[Si](C)(C)C)cc2C(=O)C(F)(F)F)c(C(=O)C(F)(F)F)c1. The van der Waals surface area contributed by atoms with Gasteiger partial charge in [0.2, 0.25) is 0 Å². The van der Waals surface area contributed by atoms with Crippen LogP contribution in [0.2, 0.25) is 39.3 Å². The Morgan fingerprint density at radius 2 is 0.971 bits per heavy atom. The highest BCUT2D eigenvalue weighted by Crippen LogP contribution is 2.37. The van der Waals surface area contributed by atoms with Crippen LogP contribution in [0, 0.1) is 0 Å². The Kier molecular flexibility index (Phi) is 7.87. The van der Waals surface area contributed by atoms with Gasteiger partial charge in [-0.1, -0.05) is 39.3 Å². The number of ether oxygens (including phenoxy) is 1. The van der Waals surface area contributed by atoms with Gasteiger partial charge in [0.05, 0.1) is 11.1 Å². The monoisotopic (exact) mass is 536 g/mol. The topological polar surface area (TPSA) is 67.4 Å². The molecule has 0 aliphatic heterocycles. The van der Waals surface area contributed by atoms with E-state index in [9.17, 15) is 35.9 Å². The van der Waals surface area contributed by atoms with Gasteiger partial charge >= 0.3 is 12.4 Å². The molecule has 35 heavy (non-hydrogen) atoms. The third-order valence-corrected chi connectivity index (χ3v) is 6.30. The molecule has 0 fully saturated rings. The number of anilines is 2. The van der Waals surface area contributed by atoms with E-state index >= 15 is 0 Å². The van der Waals surface area contributed by atoms with Crippen LogP contribution >= 0.6 is 0 Å². The van der Waals surface area contributed by atoms with Gasteiger partial charge in [-0.15, -0.1) is 0 Å². The molecule has 0 radical (unpaired) electrons. The predicted molar refractivity (Wildman–Crippen MR) is 128 cm³/mol. The molecule has 2 aromatic rings. The highest BCUT2D eigenvalue weighted by Gasteiger charge is 2.43. The quantitative estimate of drug-likeness (QED) is 0.208. The first-order valence-corrected chi connectivity index (χ1v) is 17.4. The summed E-state index contributed by atoms with van der Waals surface area (Å²) in [5, 5.41) is 0. The summed E-state index contributed by atoms with van der Waals surface area (Å²) in [6, 6.07) is 6.70. The zero-order valence-corrected chi connectivity index (χ0v) is 22.0. The van der Waals surface area contributed by atoms with Crippen molar-refractivity contribution in [2.75, 3.05) is 9.96 Å². The minimum atomic E-state index is -5.26. The Labute approximate surface area is 201 Å². The van der Waals surface area contributed by atoms with Crippen LogP contribution < -0.4 is 14.7 Å². The van der Waals surface area contributed by atoms with Gasteiger partial charge in [-0.2, -0.15) is 26.3 Å². The average molecular weight is 537 g/mol. The molecular weight excluding hydrogens is 510 g/mol. The molecule has 0 spiro atoms. The highest BCUT2D eigenvalue weighted by molar-refractivity contribution is 6.79. The fraction of sp³-hybridized carbons (Fsp3) is 0.364. The van der Waals surface area contributed by atoms with Gasteiger partial charge in [0.15, 0.2) is 0 Å². The van der Waals surface area contributed by atoms with Crippen molar-refractivity contribution in [2.45, 2.75) is 51.6 Å². The van der Waals surface area contributed by atoms with E-state index in [1.54, 1.807) is 0 Å². The molecule has 0 saturated carbocycles. The number of rotatable bonds is 8. The smallest absolute Gasteiger partial charge is 0.455 e. The number of benzene rings is 2. The number of carbonyl (C=O) groups excluding carboxylic acids is 2. The average Bonchev–Trinajstić information content (AvgIpc) is 2.65. The van der Waals surface area contributed by atoms with Crippen molar-refractivity contribution in [3.05, 3.63) is 47.5 Å². The van der Waals surface area contributed by atoms with Crippen molar-refractivity contribution in [3.8, 4) is 11.5 Å². The van der Waals surface area contributed by atoms with Crippen LogP contribution in [0.5, 0.6) is 11.5 Å². The highest BCUT2D eigenvalue weighted by atomic mass is 28.3. The van der Waals surface area contributed by atoms with E-state index < -0.39 is 63.0 Å². The molecule has 2 N–H and O–H groups in total. The van der Waals surface area contributed by atoms with E-state index in [1.807, 2.05) is 39.3 Å². The maximum absolute atomic E-state index is 13.3. The Morgan fingerprint density at radius 1 is 0.657 bits per heavy atom. The number of nitrogens with one attached hydrogen (secondary N) is 2. The summed E-state index contributed by atoms with van der Waals surface area (Å²) < 4.78 is 85.0. The van der Waals surface area contributed by atoms with Crippen LogP contribution in [-0.2, 0) is 0 Å². The van der Waals surface area contributed by atoms with Crippen molar-refractivity contribution < 1.29 is 40.7 Å². The van der Waals surface area contributed by atoms with Gasteiger partial charge in [0, 0.05) is 11.4 Å². The molecule has 0 unspecified atom stereocenters. The van der Waals surface area contributed by atoms with E-state index in [0.717, 1.165) is 24.3 Å². The summed E-state index contributed by atoms with van der Waals surface area (Å²) in [6.45, 7) is 11.3. The molecule has 0 atom stereocenters. The maximum Gasteiger partial charge on any atom is 0.455 e. The Morgan fingerprint density at radius 3 is 1.23 bits per heavy atom. The number of hydrogen-bond donors (Lipinski definition) is 2. The van der Waals surface area contributed by atoms with Crippen LogP contribution in [0.1, 0.15) is 20.7 Å². The molecule has 5 nitrogen and oxygen atoms in total. The summed E-state index contributed by atoms with van der Waals surface area (Å²) in [5.74, 6) is -5.72. The summed E-state index contributed by atoms with van der Waals surface area (Å²) in [5.41, 5.74) is -1.33. The first kappa shape index (κ1) is 28.4. The van der Waals surface area contributed by atoms with Crippen molar-refractivity contribution >= 4 is 39.4 Å². The molecule has 13 heteroatoms. The third-order valence-electron chi connectivity index (χ3n) is 4.22. The Balaban J connectivity index is 2.63. The van der Waals surface area contributed by atoms with E-state index in [0.29, 0.717) is 0 Å². The second-order valence-electron chi connectivity index (χ2n) is 9.93. The van der Waals surface area contributed by atoms with Crippen molar-refractivity contribution in [1.82, 2.24) is 0 Å². The summed E-state index contributed by atoms with van der Waals surface area (Å²) >= 11 is 0. The van der Waals surface area contributed by atoms with Crippen LogP contribution in [-0.4, -0.2) is 40.4 Å². The van der Waals surface area contributed by atoms with Crippen LogP contribution in [0.3, 0.4) is 0 Å². The van der Waals surface area contributed by atoms with E-state index in [2.05, 4.69) is 9.96 Å². The molecular formula is C22H26F6N2O3Si2. The van der Waals surface area contributed by atoms with Gasteiger partial charge in [-0.05, 0) is 36.4 Å².